The molecule has 0 radical (unpaired) electrons. The Labute approximate surface area is 141 Å². The minimum atomic E-state index is 0.0556. The molecule has 0 bridgehead atoms. The van der Waals surface area contributed by atoms with Crippen molar-refractivity contribution < 1.29 is 4.42 Å². The highest BCUT2D eigenvalue weighted by molar-refractivity contribution is 9.10. The minimum absolute atomic E-state index is 0.0556. The van der Waals surface area contributed by atoms with Crippen LogP contribution in [-0.4, -0.2) is 19.7 Å². The van der Waals surface area contributed by atoms with Crippen molar-refractivity contribution >= 4 is 27.7 Å². The topological polar surface area (TPSA) is 56.7 Å². The van der Waals surface area contributed by atoms with E-state index < -0.39 is 0 Å². The zero-order valence-electron chi connectivity index (χ0n) is 12.4. The lowest BCUT2D eigenvalue weighted by Crippen LogP contribution is -1.97. The van der Waals surface area contributed by atoms with E-state index in [-0.39, 0.29) is 5.25 Å². The molecule has 3 aromatic rings. The van der Waals surface area contributed by atoms with Gasteiger partial charge in [-0.2, -0.15) is 0 Å². The van der Waals surface area contributed by atoms with Gasteiger partial charge in [0.25, 0.3) is 0 Å². The van der Waals surface area contributed by atoms with Crippen LogP contribution in [0.4, 0.5) is 0 Å². The van der Waals surface area contributed by atoms with Gasteiger partial charge in [0, 0.05) is 18.4 Å². The molecule has 22 heavy (non-hydrogen) atoms. The SMILES string of the molecule is Cc1nnc(C(C)Sc2ncc(-c3ccc(Br)cc3)n2C)o1. The summed E-state index contributed by atoms with van der Waals surface area (Å²) in [6.45, 7) is 3.83. The molecule has 0 amide bonds. The molecule has 0 aliphatic rings. The van der Waals surface area contributed by atoms with E-state index in [4.69, 9.17) is 4.42 Å². The zero-order valence-corrected chi connectivity index (χ0v) is 14.8. The van der Waals surface area contributed by atoms with Gasteiger partial charge in [-0.15, -0.1) is 10.2 Å². The van der Waals surface area contributed by atoms with Gasteiger partial charge >= 0.3 is 0 Å². The maximum Gasteiger partial charge on any atom is 0.229 e. The fourth-order valence-electron chi connectivity index (χ4n) is 2.08. The van der Waals surface area contributed by atoms with Gasteiger partial charge in [0.15, 0.2) is 5.16 Å². The van der Waals surface area contributed by atoms with Crippen LogP contribution >= 0.6 is 27.7 Å². The molecule has 5 nitrogen and oxygen atoms in total. The number of aryl methyl sites for hydroxylation is 1. The minimum Gasteiger partial charge on any atom is -0.424 e. The van der Waals surface area contributed by atoms with Gasteiger partial charge in [-0.3, -0.25) is 0 Å². The standard InChI is InChI=1S/C15H15BrN4OS/c1-9(14-19-18-10(2)21-14)22-15-17-8-13(20(15)3)11-4-6-12(16)7-5-11/h4-9H,1-3H3. The van der Waals surface area contributed by atoms with Crippen molar-refractivity contribution in [2.75, 3.05) is 0 Å². The summed E-state index contributed by atoms with van der Waals surface area (Å²) in [6, 6.07) is 8.19. The summed E-state index contributed by atoms with van der Waals surface area (Å²) in [5.41, 5.74) is 2.20. The Balaban J connectivity index is 1.82. The Morgan fingerprint density at radius 3 is 2.59 bits per heavy atom. The number of benzene rings is 1. The summed E-state index contributed by atoms with van der Waals surface area (Å²) in [7, 11) is 2.01. The Morgan fingerprint density at radius 1 is 1.23 bits per heavy atom. The number of rotatable bonds is 4. The molecular weight excluding hydrogens is 364 g/mol. The highest BCUT2D eigenvalue weighted by Crippen LogP contribution is 2.35. The molecule has 3 rings (SSSR count). The van der Waals surface area contributed by atoms with Gasteiger partial charge in [0.05, 0.1) is 17.1 Å². The van der Waals surface area contributed by atoms with Gasteiger partial charge in [-0.05, 0) is 24.6 Å². The van der Waals surface area contributed by atoms with Gasteiger partial charge in [0.1, 0.15) is 0 Å². The molecule has 1 aromatic carbocycles. The van der Waals surface area contributed by atoms with E-state index in [2.05, 4.69) is 47.8 Å². The first-order valence-electron chi connectivity index (χ1n) is 6.79. The predicted molar refractivity (Wildman–Crippen MR) is 89.7 cm³/mol. The van der Waals surface area contributed by atoms with Crippen molar-refractivity contribution in [2.24, 2.45) is 7.05 Å². The second-order valence-corrected chi connectivity index (χ2v) is 7.13. The Hall–Kier alpha value is -1.60. The molecular formula is C15H15BrN4OS. The molecule has 0 aliphatic carbocycles. The van der Waals surface area contributed by atoms with Crippen LogP contribution in [-0.2, 0) is 7.05 Å². The van der Waals surface area contributed by atoms with Gasteiger partial charge < -0.3 is 8.98 Å². The van der Waals surface area contributed by atoms with Gasteiger partial charge in [0.2, 0.25) is 11.8 Å². The molecule has 2 aromatic heterocycles. The van der Waals surface area contributed by atoms with Crippen LogP contribution in [0.1, 0.15) is 24.0 Å². The lowest BCUT2D eigenvalue weighted by Gasteiger charge is -2.08. The third kappa shape index (κ3) is 3.10. The number of hydrogen-bond donors (Lipinski definition) is 0. The van der Waals surface area contributed by atoms with Gasteiger partial charge in [-0.25, -0.2) is 4.98 Å². The summed E-state index contributed by atoms with van der Waals surface area (Å²) in [6.07, 6.45) is 1.89. The molecule has 114 valence electrons. The van der Waals surface area contributed by atoms with Crippen LogP contribution in [0.2, 0.25) is 0 Å². The highest BCUT2D eigenvalue weighted by Gasteiger charge is 2.18. The molecule has 0 aliphatic heterocycles. The smallest absolute Gasteiger partial charge is 0.229 e. The van der Waals surface area contributed by atoms with E-state index in [9.17, 15) is 0 Å². The monoisotopic (exact) mass is 378 g/mol. The summed E-state index contributed by atoms with van der Waals surface area (Å²) in [5, 5.41) is 8.91. The average Bonchev–Trinajstić information content (AvgIpc) is 3.08. The summed E-state index contributed by atoms with van der Waals surface area (Å²) >= 11 is 5.05. The second-order valence-electron chi connectivity index (χ2n) is 4.91. The lowest BCUT2D eigenvalue weighted by molar-refractivity contribution is 0.470. The molecule has 1 unspecified atom stereocenters. The lowest BCUT2D eigenvalue weighted by atomic mass is 10.2. The van der Waals surface area contributed by atoms with Crippen LogP contribution < -0.4 is 0 Å². The molecule has 1 atom stereocenters. The van der Waals surface area contributed by atoms with E-state index in [0.717, 1.165) is 20.9 Å². The Bertz CT molecular complexity index is 781. The highest BCUT2D eigenvalue weighted by atomic mass is 79.9. The van der Waals surface area contributed by atoms with E-state index in [0.29, 0.717) is 11.8 Å². The molecule has 2 heterocycles. The molecule has 0 saturated carbocycles. The van der Waals surface area contributed by atoms with Crippen LogP contribution in [0.5, 0.6) is 0 Å². The Morgan fingerprint density at radius 2 is 1.95 bits per heavy atom. The van der Waals surface area contributed by atoms with E-state index in [1.165, 1.54) is 0 Å². The molecule has 7 heteroatoms. The van der Waals surface area contributed by atoms with Crippen LogP contribution in [0.3, 0.4) is 0 Å². The Kier molecular flexibility index (Phi) is 4.35. The quantitative estimate of drug-likeness (QED) is 0.629. The summed E-state index contributed by atoms with van der Waals surface area (Å²) < 4.78 is 8.62. The third-order valence-corrected chi connectivity index (χ3v) is 4.93. The van der Waals surface area contributed by atoms with E-state index >= 15 is 0 Å². The largest absolute Gasteiger partial charge is 0.424 e. The maximum absolute atomic E-state index is 5.48. The van der Waals surface area contributed by atoms with Crippen molar-refractivity contribution in [3.63, 3.8) is 0 Å². The number of hydrogen-bond acceptors (Lipinski definition) is 5. The van der Waals surface area contributed by atoms with Crippen molar-refractivity contribution in [3.05, 3.63) is 46.7 Å². The fraction of sp³-hybridized carbons (Fsp3) is 0.267. The van der Waals surface area contributed by atoms with Crippen molar-refractivity contribution in [2.45, 2.75) is 24.3 Å². The van der Waals surface area contributed by atoms with E-state index in [1.54, 1.807) is 18.7 Å². The maximum atomic E-state index is 5.48. The molecule has 0 saturated heterocycles. The predicted octanol–water partition coefficient (Wildman–Crippen LogP) is 4.39. The normalized spacial score (nSPS) is 12.5. The van der Waals surface area contributed by atoms with Crippen LogP contribution in [0, 0.1) is 6.92 Å². The first kappa shape index (κ1) is 15.3. The van der Waals surface area contributed by atoms with Crippen LogP contribution in [0.25, 0.3) is 11.3 Å². The first-order chi connectivity index (χ1) is 10.5. The van der Waals surface area contributed by atoms with Crippen molar-refractivity contribution in [1.29, 1.82) is 0 Å². The average molecular weight is 379 g/mol. The number of aromatic nitrogens is 4. The number of nitrogens with zero attached hydrogens (tertiary/aromatic N) is 4. The summed E-state index contributed by atoms with van der Waals surface area (Å²) in [5.74, 6) is 1.20. The fourth-order valence-corrected chi connectivity index (χ4v) is 3.22. The van der Waals surface area contributed by atoms with Gasteiger partial charge in [-0.1, -0.05) is 39.8 Å². The van der Waals surface area contributed by atoms with Crippen molar-refractivity contribution in [3.8, 4) is 11.3 Å². The molecule has 0 N–H and O–H groups in total. The first-order valence-corrected chi connectivity index (χ1v) is 8.46. The van der Waals surface area contributed by atoms with Crippen LogP contribution in [0.15, 0.2) is 44.5 Å². The van der Waals surface area contributed by atoms with E-state index in [1.807, 2.05) is 32.3 Å². The number of halogens is 1. The number of imidazole rings is 1. The molecule has 0 spiro atoms. The summed E-state index contributed by atoms with van der Waals surface area (Å²) in [4.78, 5) is 4.51. The third-order valence-electron chi connectivity index (χ3n) is 3.26. The zero-order chi connectivity index (χ0) is 15.7. The molecule has 0 fully saturated rings. The number of thioether (sulfide) groups is 1. The second kappa shape index (κ2) is 6.26. The van der Waals surface area contributed by atoms with Crippen molar-refractivity contribution in [1.82, 2.24) is 19.7 Å².